The molecule has 1 aliphatic carbocycles. The smallest absolute Gasteiger partial charge is 0.160 e. The highest BCUT2D eigenvalue weighted by Gasteiger charge is 2.51. The van der Waals surface area contributed by atoms with E-state index in [4.69, 9.17) is 14.7 Å². The molecule has 0 saturated carbocycles. The van der Waals surface area contributed by atoms with E-state index in [-0.39, 0.29) is 0 Å². The maximum Gasteiger partial charge on any atom is 0.160 e. The van der Waals surface area contributed by atoms with Gasteiger partial charge in [0.2, 0.25) is 0 Å². The molecule has 3 heterocycles. The summed E-state index contributed by atoms with van der Waals surface area (Å²) in [5.41, 5.74) is 14.3. The molecule has 10 aromatic rings. The van der Waals surface area contributed by atoms with Crippen molar-refractivity contribution in [3.8, 4) is 67.7 Å². The second kappa shape index (κ2) is 12.4. The van der Waals surface area contributed by atoms with Crippen molar-refractivity contribution in [2.75, 3.05) is 0 Å². The van der Waals surface area contributed by atoms with E-state index >= 15 is 0 Å². The molecular weight excluding hydrogens is 713 g/mol. The van der Waals surface area contributed by atoms with Gasteiger partial charge >= 0.3 is 0 Å². The Bertz CT molecular complexity index is 3120. The molecule has 0 bridgehead atoms. The predicted octanol–water partition coefficient (Wildman–Crippen LogP) is 14.0. The Morgan fingerprint density at radius 2 is 0.965 bits per heavy atom. The van der Waals surface area contributed by atoms with Crippen molar-refractivity contribution in [2.24, 2.45) is 0 Å². The molecule has 57 heavy (non-hydrogen) atoms. The summed E-state index contributed by atoms with van der Waals surface area (Å²) >= 11 is 1.88. The number of aromatic nitrogens is 2. The molecule has 8 aromatic carbocycles. The second-order valence-electron chi connectivity index (χ2n) is 14.8. The van der Waals surface area contributed by atoms with Crippen LogP contribution in [0.5, 0.6) is 11.5 Å². The standard InChI is InChI=1S/C53H32N2OS/c1-3-15-33(16-4-1)46-32-47(55-52(54-46)34-17-5-2-6-18-34)36-20-13-19-35(29-36)37-22-14-23-39-41-30-45-40(31-50(41)57-51(37)39)38-21-7-8-24-42(38)53(45)43-25-9-11-27-48(43)56-49-28-12-10-26-44(49)53/h1-32H. The van der Waals surface area contributed by atoms with E-state index < -0.39 is 5.41 Å². The monoisotopic (exact) mass is 744 g/mol. The molecule has 0 fully saturated rings. The van der Waals surface area contributed by atoms with Crippen molar-refractivity contribution >= 4 is 31.5 Å². The average Bonchev–Trinajstić information content (AvgIpc) is 3.79. The molecule has 0 radical (unpaired) electrons. The molecule has 3 nitrogen and oxygen atoms in total. The van der Waals surface area contributed by atoms with Gasteiger partial charge < -0.3 is 4.74 Å². The summed E-state index contributed by atoms with van der Waals surface area (Å²) in [7, 11) is 0. The lowest BCUT2D eigenvalue weighted by atomic mass is 9.66. The van der Waals surface area contributed by atoms with Crippen LogP contribution < -0.4 is 4.74 Å². The molecule has 4 heteroatoms. The van der Waals surface area contributed by atoms with Gasteiger partial charge in [-0.25, -0.2) is 9.97 Å². The van der Waals surface area contributed by atoms with E-state index in [1.807, 2.05) is 35.6 Å². The quantitative estimate of drug-likeness (QED) is 0.180. The lowest BCUT2D eigenvalue weighted by Gasteiger charge is -2.39. The van der Waals surface area contributed by atoms with E-state index in [1.165, 1.54) is 59.1 Å². The largest absolute Gasteiger partial charge is 0.457 e. The van der Waals surface area contributed by atoms with Crippen LogP contribution in [0.15, 0.2) is 194 Å². The first-order valence-electron chi connectivity index (χ1n) is 19.3. The van der Waals surface area contributed by atoms with Gasteiger partial charge in [0, 0.05) is 48.0 Å². The van der Waals surface area contributed by atoms with Crippen molar-refractivity contribution in [1.82, 2.24) is 9.97 Å². The van der Waals surface area contributed by atoms with Gasteiger partial charge in [0.15, 0.2) is 5.82 Å². The normalized spacial score (nSPS) is 13.2. The lowest BCUT2D eigenvalue weighted by molar-refractivity contribution is 0.436. The number of ether oxygens (including phenoxy) is 1. The Hall–Kier alpha value is -7.14. The minimum Gasteiger partial charge on any atom is -0.457 e. The lowest BCUT2D eigenvalue weighted by Crippen LogP contribution is -2.32. The predicted molar refractivity (Wildman–Crippen MR) is 234 cm³/mol. The molecule has 0 N–H and O–H groups in total. The highest BCUT2D eigenvalue weighted by atomic mass is 32.1. The third-order valence-corrected chi connectivity index (χ3v) is 13.0. The minimum absolute atomic E-state index is 0.500. The molecule has 0 atom stereocenters. The number of nitrogens with zero attached hydrogens (tertiary/aromatic N) is 2. The molecule has 0 unspecified atom stereocenters. The molecule has 1 aliphatic heterocycles. The van der Waals surface area contributed by atoms with E-state index in [0.717, 1.165) is 45.1 Å². The summed E-state index contributed by atoms with van der Waals surface area (Å²) in [5, 5.41) is 2.54. The Morgan fingerprint density at radius 1 is 0.386 bits per heavy atom. The summed E-state index contributed by atoms with van der Waals surface area (Å²) in [6, 6.07) is 69.3. The zero-order valence-electron chi connectivity index (χ0n) is 30.7. The first kappa shape index (κ1) is 32.1. The van der Waals surface area contributed by atoms with E-state index in [2.05, 4.69) is 170 Å². The van der Waals surface area contributed by atoms with Gasteiger partial charge in [-0.3, -0.25) is 0 Å². The number of benzene rings is 8. The Morgan fingerprint density at radius 3 is 1.72 bits per heavy atom. The third-order valence-electron chi connectivity index (χ3n) is 11.8. The Labute approximate surface area is 334 Å². The van der Waals surface area contributed by atoms with Crippen LogP contribution in [0.3, 0.4) is 0 Å². The van der Waals surface area contributed by atoms with Gasteiger partial charge in [-0.2, -0.15) is 0 Å². The number of fused-ring (bicyclic) bond motifs is 12. The van der Waals surface area contributed by atoms with E-state index in [0.29, 0.717) is 5.82 Å². The van der Waals surface area contributed by atoms with Gasteiger partial charge in [0.25, 0.3) is 0 Å². The molecule has 0 saturated heterocycles. The fraction of sp³-hybridized carbons (Fsp3) is 0.0189. The SMILES string of the molecule is c1ccc(-c2cc(-c3cccc(-c4cccc5c4sc4cc6c(cc45)C4(c5ccccc5Oc5ccccc54)c4ccccc4-6)c3)nc(-c3ccccc3)n2)cc1. The van der Waals surface area contributed by atoms with Gasteiger partial charge in [-0.15, -0.1) is 11.3 Å². The first-order chi connectivity index (χ1) is 28.2. The Balaban J connectivity index is 1.05. The van der Waals surface area contributed by atoms with Gasteiger partial charge in [0.1, 0.15) is 11.5 Å². The van der Waals surface area contributed by atoms with Crippen molar-refractivity contribution < 1.29 is 4.74 Å². The summed E-state index contributed by atoms with van der Waals surface area (Å²) in [6.45, 7) is 0. The molecule has 2 aromatic heterocycles. The molecule has 2 aliphatic rings. The van der Waals surface area contributed by atoms with Crippen LogP contribution in [0, 0.1) is 0 Å². The summed E-state index contributed by atoms with van der Waals surface area (Å²) in [6.07, 6.45) is 0. The summed E-state index contributed by atoms with van der Waals surface area (Å²) in [5.74, 6) is 2.53. The zero-order chi connectivity index (χ0) is 37.5. The van der Waals surface area contributed by atoms with Gasteiger partial charge in [0.05, 0.1) is 16.8 Å². The van der Waals surface area contributed by atoms with Crippen LogP contribution >= 0.6 is 11.3 Å². The highest BCUT2D eigenvalue weighted by molar-refractivity contribution is 7.26. The van der Waals surface area contributed by atoms with Crippen LogP contribution in [-0.2, 0) is 5.41 Å². The topological polar surface area (TPSA) is 35.0 Å². The molecular formula is C53H32N2OS. The van der Waals surface area contributed by atoms with E-state index in [9.17, 15) is 0 Å². The first-order valence-corrected chi connectivity index (χ1v) is 20.1. The fourth-order valence-corrected chi connectivity index (χ4v) is 10.5. The van der Waals surface area contributed by atoms with E-state index in [1.54, 1.807) is 0 Å². The Kier molecular flexibility index (Phi) is 7.01. The van der Waals surface area contributed by atoms with Crippen molar-refractivity contribution in [2.45, 2.75) is 5.41 Å². The fourth-order valence-electron chi connectivity index (χ4n) is 9.28. The summed E-state index contributed by atoms with van der Waals surface area (Å²) in [4.78, 5) is 10.2. The van der Waals surface area contributed by atoms with Gasteiger partial charge in [-0.05, 0) is 69.8 Å². The number of rotatable bonds is 4. The minimum atomic E-state index is -0.500. The van der Waals surface area contributed by atoms with Crippen molar-refractivity contribution in [1.29, 1.82) is 0 Å². The van der Waals surface area contributed by atoms with Gasteiger partial charge in [-0.1, -0.05) is 158 Å². The second-order valence-corrected chi connectivity index (χ2v) is 15.9. The molecule has 266 valence electrons. The maximum atomic E-state index is 6.60. The molecule has 1 spiro atoms. The van der Waals surface area contributed by atoms with Crippen LogP contribution in [0.2, 0.25) is 0 Å². The molecule has 0 amide bonds. The highest BCUT2D eigenvalue weighted by Crippen LogP contribution is 2.63. The number of thiophene rings is 1. The maximum absolute atomic E-state index is 6.60. The van der Waals surface area contributed by atoms with Crippen LogP contribution in [0.4, 0.5) is 0 Å². The van der Waals surface area contributed by atoms with Crippen LogP contribution in [-0.4, -0.2) is 9.97 Å². The zero-order valence-corrected chi connectivity index (χ0v) is 31.5. The number of hydrogen-bond donors (Lipinski definition) is 0. The van der Waals surface area contributed by atoms with Crippen LogP contribution in [0.1, 0.15) is 22.3 Å². The molecule has 12 rings (SSSR count). The number of para-hydroxylation sites is 2. The van der Waals surface area contributed by atoms with Crippen molar-refractivity contribution in [3.63, 3.8) is 0 Å². The van der Waals surface area contributed by atoms with Crippen LogP contribution in [0.25, 0.3) is 76.3 Å². The third kappa shape index (κ3) is 4.78. The van der Waals surface area contributed by atoms with Crippen molar-refractivity contribution in [3.05, 3.63) is 216 Å². The summed E-state index contributed by atoms with van der Waals surface area (Å²) < 4.78 is 9.16. The average molecular weight is 745 g/mol. The number of hydrogen-bond acceptors (Lipinski definition) is 4.